The number of aliphatic hydroxyl groups excluding tert-OH is 1. The summed E-state index contributed by atoms with van der Waals surface area (Å²) in [5.41, 5.74) is 0.904. The van der Waals surface area contributed by atoms with Gasteiger partial charge >= 0.3 is 5.97 Å². The Morgan fingerprint density at radius 1 is 1.29 bits per heavy atom. The van der Waals surface area contributed by atoms with E-state index < -0.39 is 5.97 Å². The Hall–Kier alpha value is -2.67. The van der Waals surface area contributed by atoms with E-state index in [4.69, 9.17) is 14.7 Å². The molecular weight excluding hydrogens is 276 g/mol. The predicted molar refractivity (Wildman–Crippen MR) is 73.4 cm³/mol. The third-order valence-corrected chi connectivity index (χ3v) is 2.98. The summed E-state index contributed by atoms with van der Waals surface area (Å²) in [7, 11) is 0. The van der Waals surface area contributed by atoms with Gasteiger partial charge in [-0.05, 0) is 31.2 Å². The van der Waals surface area contributed by atoms with Crippen LogP contribution in [-0.2, 0) is 0 Å². The molecule has 2 N–H and O–H groups in total. The van der Waals surface area contributed by atoms with Crippen molar-refractivity contribution in [1.29, 1.82) is 0 Å². The van der Waals surface area contributed by atoms with E-state index in [9.17, 15) is 9.59 Å². The largest absolute Gasteiger partial charge is 0.478 e. The number of aromatic nitrogens is 1. The Kier molecular flexibility index (Phi) is 4.34. The lowest BCUT2D eigenvalue weighted by molar-refractivity contribution is 0.0696. The van der Waals surface area contributed by atoms with Crippen molar-refractivity contribution < 1.29 is 24.3 Å². The van der Waals surface area contributed by atoms with Gasteiger partial charge in [-0.1, -0.05) is 5.16 Å². The van der Waals surface area contributed by atoms with Gasteiger partial charge in [-0.25, -0.2) is 4.79 Å². The molecule has 0 unspecified atom stereocenters. The molecule has 1 amide bonds. The minimum absolute atomic E-state index is 0.0792. The first kappa shape index (κ1) is 14.7. The number of aromatic carboxylic acids is 1. The number of carboxylic acid groups (broad SMARTS) is 1. The third-order valence-electron chi connectivity index (χ3n) is 2.98. The topological polar surface area (TPSA) is 104 Å². The van der Waals surface area contributed by atoms with E-state index in [1.807, 2.05) is 0 Å². The van der Waals surface area contributed by atoms with E-state index in [0.29, 0.717) is 17.0 Å². The maximum Gasteiger partial charge on any atom is 0.335 e. The molecule has 0 fully saturated rings. The van der Waals surface area contributed by atoms with Crippen LogP contribution in [0.4, 0.5) is 5.69 Å². The molecule has 0 aliphatic heterocycles. The summed E-state index contributed by atoms with van der Waals surface area (Å²) < 4.78 is 4.86. The summed E-state index contributed by atoms with van der Waals surface area (Å²) >= 11 is 0. The second-order valence-corrected chi connectivity index (χ2v) is 4.33. The number of anilines is 1. The van der Waals surface area contributed by atoms with Crippen LogP contribution in [0.15, 0.2) is 35.0 Å². The average Bonchev–Trinajstić information content (AvgIpc) is 2.90. The number of carbonyl (C=O) groups is 2. The highest BCUT2D eigenvalue weighted by molar-refractivity contribution is 6.06. The summed E-state index contributed by atoms with van der Waals surface area (Å²) in [6, 6.07) is 5.82. The average molecular weight is 290 g/mol. The third kappa shape index (κ3) is 3.09. The van der Waals surface area contributed by atoms with Crippen LogP contribution in [0.25, 0.3) is 0 Å². The molecule has 0 aliphatic rings. The molecule has 0 atom stereocenters. The van der Waals surface area contributed by atoms with Crippen molar-refractivity contribution in [3.8, 4) is 0 Å². The molecule has 0 saturated heterocycles. The minimum Gasteiger partial charge on any atom is -0.478 e. The Bertz CT molecular complexity index is 648. The van der Waals surface area contributed by atoms with Gasteiger partial charge in [0.2, 0.25) is 0 Å². The molecule has 0 radical (unpaired) electrons. The molecule has 21 heavy (non-hydrogen) atoms. The molecule has 1 aromatic heterocycles. The maximum absolute atomic E-state index is 12.4. The Balaban J connectivity index is 2.32. The molecule has 0 aliphatic carbocycles. The number of aliphatic hydroxyl groups is 1. The number of benzene rings is 1. The summed E-state index contributed by atoms with van der Waals surface area (Å²) in [4.78, 5) is 24.6. The number of rotatable bonds is 5. The number of carboxylic acids is 1. The zero-order valence-corrected chi connectivity index (χ0v) is 11.3. The number of carbonyl (C=O) groups excluding carboxylic acids is 1. The highest BCUT2D eigenvalue weighted by atomic mass is 16.5. The van der Waals surface area contributed by atoms with Gasteiger partial charge in [-0.2, -0.15) is 0 Å². The van der Waals surface area contributed by atoms with Crippen molar-refractivity contribution in [3.05, 3.63) is 47.3 Å². The lowest BCUT2D eigenvalue weighted by Crippen LogP contribution is -2.33. The number of hydrogen-bond donors (Lipinski definition) is 2. The van der Waals surface area contributed by atoms with Crippen LogP contribution in [0.5, 0.6) is 0 Å². The quantitative estimate of drug-likeness (QED) is 0.860. The van der Waals surface area contributed by atoms with Gasteiger partial charge in [-0.15, -0.1) is 0 Å². The predicted octanol–water partition coefficient (Wildman–Crippen LogP) is 1.32. The van der Waals surface area contributed by atoms with Crippen molar-refractivity contribution in [1.82, 2.24) is 5.16 Å². The van der Waals surface area contributed by atoms with Gasteiger partial charge in [0, 0.05) is 12.2 Å². The second-order valence-electron chi connectivity index (χ2n) is 4.33. The number of amides is 1. The van der Waals surface area contributed by atoms with Crippen molar-refractivity contribution in [2.75, 3.05) is 18.1 Å². The van der Waals surface area contributed by atoms with Crippen molar-refractivity contribution in [3.63, 3.8) is 0 Å². The van der Waals surface area contributed by atoms with Crippen LogP contribution in [0.2, 0.25) is 0 Å². The van der Waals surface area contributed by atoms with E-state index in [0.717, 1.165) is 0 Å². The number of nitrogens with zero attached hydrogens (tertiary/aromatic N) is 2. The lowest BCUT2D eigenvalue weighted by atomic mass is 10.1. The molecular formula is C14H14N2O5. The Morgan fingerprint density at radius 3 is 2.43 bits per heavy atom. The monoisotopic (exact) mass is 290 g/mol. The molecule has 110 valence electrons. The van der Waals surface area contributed by atoms with Gasteiger partial charge in [-0.3, -0.25) is 4.79 Å². The van der Waals surface area contributed by atoms with Crippen molar-refractivity contribution >= 4 is 17.6 Å². The van der Waals surface area contributed by atoms with Gasteiger partial charge in [0.15, 0.2) is 0 Å². The van der Waals surface area contributed by atoms with Crippen LogP contribution in [0.1, 0.15) is 26.5 Å². The fourth-order valence-electron chi connectivity index (χ4n) is 1.88. The van der Waals surface area contributed by atoms with Crippen LogP contribution >= 0.6 is 0 Å². The van der Waals surface area contributed by atoms with E-state index >= 15 is 0 Å². The minimum atomic E-state index is -1.04. The van der Waals surface area contributed by atoms with Crippen molar-refractivity contribution in [2.45, 2.75) is 6.92 Å². The maximum atomic E-state index is 12.4. The smallest absolute Gasteiger partial charge is 0.335 e. The van der Waals surface area contributed by atoms with Gasteiger partial charge in [0.05, 0.1) is 18.4 Å². The first-order chi connectivity index (χ1) is 10.0. The lowest BCUT2D eigenvalue weighted by Gasteiger charge is -2.21. The van der Waals surface area contributed by atoms with Gasteiger partial charge in [0.25, 0.3) is 5.91 Å². The van der Waals surface area contributed by atoms with Crippen molar-refractivity contribution in [2.24, 2.45) is 0 Å². The highest BCUT2D eigenvalue weighted by Crippen LogP contribution is 2.19. The zero-order valence-electron chi connectivity index (χ0n) is 11.3. The number of hydrogen-bond acceptors (Lipinski definition) is 5. The van der Waals surface area contributed by atoms with E-state index in [-0.39, 0.29) is 24.6 Å². The molecule has 0 spiro atoms. The summed E-state index contributed by atoms with van der Waals surface area (Å²) in [5.74, 6) is -1.03. The standard InChI is InChI=1S/C14H14N2O5/c1-9-12(8-15-21-9)13(18)16(6-7-17)11-4-2-10(3-5-11)14(19)20/h2-5,8,17H,6-7H2,1H3,(H,19,20). The molecule has 7 nitrogen and oxygen atoms in total. The normalized spacial score (nSPS) is 10.4. The first-order valence-electron chi connectivity index (χ1n) is 6.22. The van der Waals surface area contributed by atoms with Crippen LogP contribution in [0.3, 0.4) is 0 Å². The first-order valence-corrected chi connectivity index (χ1v) is 6.22. The van der Waals surface area contributed by atoms with E-state index in [2.05, 4.69) is 5.16 Å². The molecule has 0 bridgehead atoms. The summed E-state index contributed by atoms with van der Waals surface area (Å²) in [6.45, 7) is 1.47. The molecule has 2 aromatic rings. The Labute approximate surface area is 120 Å². The fourth-order valence-corrected chi connectivity index (χ4v) is 1.88. The molecule has 0 saturated carbocycles. The van der Waals surface area contributed by atoms with E-state index in [1.165, 1.54) is 35.4 Å². The fraction of sp³-hybridized carbons (Fsp3) is 0.214. The highest BCUT2D eigenvalue weighted by Gasteiger charge is 2.21. The van der Waals surface area contributed by atoms with E-state index in [1.54, 1.807) is 6.92 Å². The van der Waals surface area contributed by atoms with Crippen LogP contribution in [-0.4, -0.2) is 40.4 Å². The molecule has 7 heteroatoms. The second kappa shape index (κ2) is 6.19. The molecule has 2 rings (SSSR count). The molecule has 1 aromatic carbocycles. The van der Waals surface area contributed by atoms with Crippen LogP contribution < -0.4 is 4.90 Å². The number of aryl methyl sites for hydroxylation is 1. The SMILES string of the molecule is Cc1oncc1C(=O)N(CCO)c1ccc(C(=O)O)cc1. The Morgan fingerprint density at radius 2 is 1.95 bits per heavy atom. The van der Waals surface area contributed by atoms with Crippen LogP contribution in [0, 0.1) is 6.92 Å². The van der Waals surface area contributed by atoms with Gasteiger partial charge < -0.3 is 19.6 Å². The summed E-state index contributed by atoms with van der Waals surface area (Å²) in [5, 5.41) is 21.6. The summed E-state index contributed by atoms with van der Waals surface area (Å²) in [6.07, 6.45) is 1.31. The van der Waals surface area contributed by atoms with Gasteiger partial charge in [0.1, 0.15) is 11.3 Å². The molecule has 1 heterocycles. The zero-order chi connectivity index (χ0) is 15.4.